The molecule has 0 saturated carbocycles. The zero-order valence-corrected chi connectivity index (χ0v) is 6.16. The summed E-state index contributed by atoms with van der Waals surface area (Å²) < 4.78 is 0. The molecule has 0 bridgehead atoms. The largest absolute Gasteiger partial charge is 0.290 e. The van der Waals surface area contributed by atoms with Crippen LogP contribution in [-0.2, 0) is 4.79 Å². The highest BCUT2D eigenvalue weighted by Crippen LogP contribution is 2.07. The molecule has 0 unspecified atom stereocenters. The molecule has 0 atom stereocenters. The lowest BCUT2D eigenvalue weighted by atomic mass is 10.3. The van der Waals surface area contributed by atoms with E-state index in [2.05, 4.69) is 20.0 Å². The fourth-order valence-electron chi connectivity index (χ4n) is 0.984. The molecule has 0 radical (unpaired) electrons. The standard InChI is InChI=1S/C7H6N4O/c12-5(6-8-1-2-9-6)7-10-3-4-11-7/h1-4,6-7H. The number of aliphatic imine (C=N–C) groups is 4. The average Bonchev–Trinajstić information content (AvgIpc) is 2.77. The van der Waals surface area contributed by atoms with Crippen molar-refractivity contribution in [1.29, 1.82) is 0 Å². The third-order valence-corrected chi connectivity index (χ3v) is 1.55. The van der Waals surface area contributed by atoms with Gasteiger partial charge in [-0.3, -0.25) is 24.8 Å². The van der Waals surface area contributed by atoms with E-state index in [-0.39, 0.29) is 5.78 Å². The molecule has 2 heterocycles. The highest BCUT2D eigenvalue weighted by Gasteiger charge is 2.26. The number of nitrogens with zero attached hydrogens (tertiary/aromatic N) is 4. The predicted molar refractivity (Wildman–Crippen MR) is 46.6 cm³/mol. The van der Waals surface area contributed by atoms with E-state index in [0.717, 1.165) is 0 Å². The molecule has 2 aliphatic rings. The molecule has 0 aliphatic carbocycles. The summed E-state index contributed by atoms with van der Waals surface area (Å²) >= 11 is 0. The molecule has 5 heteroatoms. The number of Topliss-reactive ketones (excluding diaryl/α,β-unsaturated/α-hetero) is 1. The molecular formula is C7H6N4O. The third-order valence-electron chi connectivity index (χ3n) is 1.55. The maximum Gasteiger partial charge on any atom is 0.225 e. The lowest BCUT2D eigenvalue weighted by Gasteiger charge is -2.04. The van der Waals surface area contributed by atoms with Crippen LogP contribution in [0.15, 0.2) is 20.0 Å². The Morgan fingerprint density at radius 3 is 1.50 bits per heavy atom. The van der Waals surface area contributed by atoms with Crippen LogP contribution in [0.3, 0.4) is 0 Å². The van der Waals surface area contributed by atoms with Crippen molar-refractivity contribution in [3.8, 4) is 0 Å². The second-order valence-corrected chi connectivity index (χ2v) is 2.34. The van der Waals surface area contributed by atoms with Gasteiger partial charge in [-0.15, -0.1) is 0 Å². The Bertz CT molecular complexity index is 261. The van der Waals surface area contributed by atoms with Crippen molar-refractivity contribution in [3.63, 3.8) is 0 Å². The molecule has 2 aliphatic heterocycles. The van der Waals surface area contributed by atoms with Crippen molar-refractivity contribution in [1.82, 2.24) is 0 Å². The lowest BCUT2D eigenvalue weighted by molar-refractivity contribution is -0.120. The number of rotatable bonds is 2. The first kappa shape index (κ1) is 7.02. The first-order valence-electron chi connectivity index (χ1n) is 3.51. The van der Waals surface area contributed by atoms with Crippen LogP contribution < -0.4 is 0 Å². The number of hydrogen-bond acceptors (Lipinski definition) is 5. The Morgan fingerprint density at radius 2 is 1.17 bits per heavy atom. The van der Waals surface area contributed by atoms with E-state index in [1.165, 1.54) is 24.9 Å². The van der Waals surface area contributed by atoms with Crippen LogP contribution in [0, 0.1) is 0 Å². The highest BCUT2D eigenvalue weighted by molar-refractivity contribution is 6.21. The van der Waals surface area contributed by atoms with Crippen molar-refractivity contribution in [3.05, 3.63) is 0 Å². The molecular weight excluding hydrogens is 156 g/mol. The minimum Gasteiger partial charge on any atom is -0.290 e. The average molecular weight is 162 g/mol. The fraction of sp³-hybridized carbons (Fsp3) is 0.286. The van der Waals surface area contributed by atoms with Crippen LogP contribution in [0.4, 0.5) is 0 Å². The van der Waals surface area contributed by atoms with E-state index < -0.39 is 12.3 Å². The van der Waals surface area contributed by atoms with Gasteiger partial charge in [0, 0.05) is 24.9 Å². The van der Waals surface area contributed by atoms with Crippen LogP contribution in [0.25, 0.3) is 0 Å². The van der Waals surface area contributed by atoms with E-state index in [4.69, 9.17) is 0 Å². The first-order chi connectivity index (χ1) is 5.88. The molecule has 0 saturated heterocycles. The SMILES string of the molecule is O=C(C1N=CC=N1)C1N=CC=N1. The Hall–Kier alpha value is -1.65. The van der Waals surface area contributed by atoms with Gasteiger partial charge >= 0.3 is 0 Å². The second kappa shape index (κ2) is 2.77. The van der Waals surface area contributed by atoms with Gasteiger partial charge in [0.2, 0.25) is 18.1 Å². The quantitative estimate of drug-likeness (QED) is 0.540. The van der Waals surface area contributed by atoms with Gasteiger partial charge < -0.3 is 0 Å². The van der Waals surface area contributed by atoms with Gasteiger partial charge in [0.25, 0.3) is 0 Å². The monoisotopic (exact) mass is 162 g/mol. The molecule has 0 amide bonds. The van der Waals surface area contributed by atoms with Gasteiger partial charge in [-0.05, 0) is 0 Å². The summed E-state index contributed by atoms with van der Waals surface area (Å²) in [6.07, 6.45) is 4.77. The van der Waals surface area contributed by atoms with Gasteiger partial charge in [0.15, 0.2) is 0 Å². The van der Waals surface area contributed by atoms with Gasteiger partial charge in [-0.1, -0.05) is 0 Å². The molecule has 2 rings (SSSR count). The topological polar surface area (TPSA) is 66.5 Å². The van der Waals surface area contributed by atoms with Crippen LogP contribution in [0.1, 0.15) is 0 Å². The zero-order chi connectivity index (χ0) is 8.39. The Kier molecular flexibility index (Phi) is 1.62. The molecule has 60 valence electrons. The summed E-state index contributed by atoms with van der Waals surface area (Å²) in [4.78, 5) is 26.7. The molecule has 0 spiro atoms. The van der Waals surface area contributed by atoms with Crippen molar-refractivity contribution in [2.75, 3.05) is 0 Å². The maximum absolute atomic E-state index is 11.4. The van der Waals surface area contributed by atoms with E-state index in [0.29, 0.717) is 0 Å². The molecule has 0 aromatic carbocycles. The fourth-order valence-corrected chi connectivity index (χ4v) is 0.984. The molecule has 0 fully saturated rings. The highest BCUT2D eigenvalue weighted by atomic mass is 16.1. The maximum atomic E-state index is 11.4. The van der Waals surface area contributed by atoms with Gasteiger partial charge in [-0.25, -0.2) is 0 Å². The predicted octanol–water partition coefficient (Wildman–Crippen LogP) is -0.482. The number of hydrogen-bond donors (Lipinski definition) is 0. The van der Waals surface area contributed by atoms with E-state index in [1.807, 2.05) is 0 Å². The Labute approximate surface area is 68.7 Å². The smallest absolute Gasteiger partial charge is 0.225 e. The summed E-state index contributed by atoms with van der Waals surface area (Å²) in [5, 5.41) is 0. The van der Waals surface area contributed by atoms with Crippen LogP contribution in [0.2, 0.25) is 0 Å². The minimum absolute atomic E-state index is 0.176. The molecule has 5 nitrogen and oxygen atoms in total. The summed E-state index contributed by atoms with van der Waals surface area (Å²) in [6.45, 7) is 0. The second-order valence-electron chi connectivity index (χ2n) is 2.34. The van der Waals surface area contributed by atoms with Gasteiger partial charge in [0.05, 0.1) is 0 Å². The van der Waals surface area contributed by atoms with Crippen molar-refractivity contribution in [2.45, 2.75) is 12.3 Å². The third kappa shape index (κ3) is 1.09. The van der Waals surface area contributed by atoms with E-state index in [9.17, 15) is 4.79 Å². The number of carbonyl (C=O) groups excluding carboxylic acids is 1. The first-order valence-corrected chi connectivity index (χ1v) is 3.51. The summed E-state index contributed by atoms with van der Waals surface area (Å²) in [7, 11) is 0. The van der Waals surface area contributed by atoms with Crippen LogP contribution in [0.5, 0.6) is 0 Å². The van der Waals surface area contributed by atoms with E-state index >= 15 is 0 Å². The van der Waals surface area contributed by atoms with Crippen molar-refractivity contribution in [2.24, 2.45) is 20.0 Å². The van der Waals surface area contributed by atoms with Crippen molar-refractivity contribution >= 4 is 30.6 Å². The minimum atomic E-state index is -0.623. The molecule has 0 N–H and O–H groups in total. The Morgan fingerprint density at radius 1 is 0.833 bits per heavy atom. The van der Waals surface area contributed by atoms with Gasteiger partial charge in [-0.2, -0.15) is 0 Å². The van der Waals surface area contributed by atoms with Crippen LogP contribution >= 0.6 is 0 Å². The zero-order valence-electron chi connectivity index (χ0n) is 6.16. The molecule has 0 aromatic rings. The normalized spacial score (nSPS) is 21.3. The van der Waals surface area contributed by atoms with Crippen LogP contribution in [-0.4, -0.2) is 43.0 Å². The Balaban J connectivity index is 2.09. The molecule has 0 aromatic heterocycles. The summed E-state index contributed by atoms with van der Waals surface area (Å²) in [5.41, 5.74) is 0. The number of carbonyl (C=O) groups is 1. The molecule has 12 heavy (non-hydrogen) atoms. The van der Waals surface area contributed by atoms with E-state index in [1.54, 1.807) is 0 Å². The van der Waals surface area contributed by atoms with Crippen molar-refractivity contribution < 1.29 is 4.79 Å². The summed E-state index contributed by atoms with van der Waals surface area (Å²) in [5.74, 6) is -0.176. The van der Waals surface area contributed by atoms with Gasteiger partial charge in [0.1, 0.15) is 0 Å². The lowest BCUT2D eigenvalue weighted by Crippen LogP contribution is -2.25. The summed E-state index contributed by atoms with van der Waals surface area (Å²) in [6, 6.07) is 0. The number of ketones is 1.